The van der Waals surface area contributed by atoms with Crippen molar-refractivity contribution in [2.24, 2.45) is 0 Å². The van der Waals surface area contributed by atoms with Gasteiger partial charge in [0.25, 0.3) is 5.91 Å². The number of rotatable bonds is 3. The van der Waals surface area contributed by atoms with Crippen LogP contribution in [0.15, 0.2) is 24.3 Å². The summed E-state index contributed by atoms with van der Waals surface area (Å²) in [7, 11) is -3.31. The van der Waals surface area contributed by atoms with Crippen molar-refractivity contribution in [3.05, 3.63) is 29.8 Å². The molecule has 0 spiro atoms. The maximum Gasteiger partial charge on any atom is 0.253 e. The summed E-state index contributed by atoms with van der Waals surface area (Å²) in [4.78, 5) is 13.7. The predicted octanol–water partition coefficient (Wildman–Crippen LogP) is 0.265. The molecule has 1 aromatic carbocycles. The summed E-state index contributed by atoms with van der Waals surface area (Å²) in [6.07, 6.45) is 1.21. The van der Waals surface area contributed by atoms with Gasteiger partial charge in [-0.1, -0.05) is 0 Å². The number of β-amino-alcohol motifs (C(OH)–C–C–N with tert-alkyl or cyclic N) is 1. The number of likely N-dealkylation sites (tertiary alicyclic amines) is 1. The van der Waals surface area contributed by atoms with Crippen molar-refractivity contribution in [2.75, 3.05) is 24.1 Å². The molecule has 0 saturated carbocycles. The Morgan fingerprint density at radius 1 is 1.37 bits per heavy atom. The number of benzene rings is 1. The maximum absolute atomic E-state index is 12.1. The van der Waals surface area contributed by atoms with Gasteiger partial charge in [0.05, 0.1) is 12.4 Å². The van der Waals surface area contributed by atoms with E-state index < -0.39 is 16.1 Å². The topological polar surface area (TPSA) is 86.7 Å². The average Bonchev–Trinajstić information content (AvgIpc) is 2.74. The molecule has 0 bridgehead atoms. The first-order chi connectivity index (χ1) is 8.85. The van der Waals surface area contributed by atoms with E-state index in [-0.39, 0.29) is 5.91 Å². The fraction of sp³-hybridized carbons (Fsp3) is 0.417. The second-order valence-corrected chi connectivity index (χ2v) is 6.39. The summed E-state index contributed by atoms with van der Waals surface area (Å²) in [5, 5.41) is 9.40. The van der Waals surface area contributed by atoms with Crippen molar-refractivity contribution >= 4 is 21.6 Å². The van der Waals surface area contributed by atoms with Crippen molar-refractivity contribution in [3.8, 4) is 0 Å². The number of hydrogen-bond acceptors (Lipinski definition) is 4. The number of hydrogen-bond donors (Lipinski definition) is 2. The number of sulfonamides is 1. The highest BCUT2D eigenvalue weighted by Gasteiger charge is 2.25. The van der Waals surface area contributed by atoms with Crippen molar-refractivity contribution in [2.45, 2.75) is 12.5 Å². The van der Waals surface area contributed by atoms with E-state index in [9.17, 15) is 18.3 Å². The molecule has 7 heteroatoms. The van der Waals surface area contributed by atoms with E-state index in [0.29, 0.717) is 30.8 Å². The van der Waals surface area contributed by atoms with Gasteiger partial charge in [0, 0.05) is 24.3 Å². The largest absolute Gasteiger partial charge is 0.391 e. The van der Waals surface area contributed by atoms with Gasteiger partial charge in [0.15, 0.2) is 0 Å². The minimum atomic E-state index is -3.31. The van der Waals surface area contributed by atoms with E-state index in [2.05, 4.69) is 4.72 Å². The van der Waals surface area contributed by atoms with Crippen LogP contribution >= 0.6 is 0 Å². The van der Waals surface area contributed by atoms with E-state index in [1.54, 1.807) is 29.2 Å². The highest BCUT2D eigenvalue weighted by Crippen LogP contribution is 2.16. The number of nitrogens with one attached hydrogen (secondary N) is 1. The molecule has 0 unspecified atom stereocenters. The summed E-state index contributed by atoms with van der Waals surface area (Å²) < 4.78 is 24.4. The SMILES string of the molecule is CS(=O)(=O)Nc1ccc(C(=O)N2CC[C@@H](O)C2)cc1. The molecule has 1 atom stereocenters. The molecule has 2 N–H and O–H groups in total. The third kappa shape index (κ3) is 3.68. The van der Waals surface area contributed by atoms with Crippen LogP contribution < -0.4 is 4.72 Å². The van der Waals surface area contributed by atoms with Crippen LogP contribution in [0.25, 0.3) is 0 Å². The van der Waals surface area contributed by atoms with E-state index in [1.165, 1.54) is 0 Å². The fourth-order valence-corrected chi connectivity index (χ4v) is 2.57. The van der Waals surface area contributed by atoms with Crippen LogP contribution in [-0.4, -0.2) is 49.8 Å². The highest BCUT2D eigenvalue weighted by atomic mass is 32.2. The summed E-state index contributed by atoms with van der Waals surface area (Å²) >= 11 is 0. The monoisotopic (exact) mass is 284 g/mol. The molecule has 1 fully saturated rings. The van der Waals surface area contributed by atoms with Crippen LogP contribution in [0.1, 0.15) is 16.8 Å². The first kappa shape index (κ1) is 13.8. The lowest BCUT2D eigenvalue weighted by molar-refractivity contribution is 0.0765. The number of carbonyl (C=O) groups excluding carboxylic acids is 1. The predicted molar refractivity (Wildman–Crippen MR) is 71.4 cm³/mol. The Labute approximate surface area is 112 Å². The molecule has 1 saturated heterocycles. The molecule has 1 amide bonds. The van der Waals surface area contributed by atoms with Crippen molar-refractivity contribution in [1.29, 1.82) is 0 Å². The fourth-order valence-electron chi connectivity index (χ4n) is 2.00. The van der Waals surface area contributed by atoms with Gasteiger partial charge >= 0.3 is 0 Å². The summed E-state index contributed by atoms with van der Waals surface area (Å²) in [5.74, 6) is -0.151. The van der Waals surface area contributed by atoms with Gasteiger partial charge in [-0.3, -0.25) is 9.52 Å². The van der Waals surface area contributed by atoms with Crippen LogP contribution in [0.2, 0.25) is 0 Å². The first-order valence-electron chi connectivity index (χ1n) is 5.90. The number of carbonyl (C=O) groups is 1. The quantitative estimate of drug-likeness (QED) is 0.834. The summed E-state index contributed by atoms with van der Waals surface area (Å²) in [5.41, 5.74) is 0.897. The Morgan fingerprint density at radius 2 is 2.00 bits per heavy atom. The number of nitrogens with zero attached hydrogens (tertiary/aromatic N) is 1. The summed E-state index contributed by atoms with van der Waals surface area (Å²) in [6, 6.07) is 6.22. The maximum atomic E-state index is 12.1. The Bertz CT molecular complexity index is 568. The van der Waals surface area contributed by atoms with Crippen LogP contribution in [0.4, 0.5) is 5.69 Å². The number of amides is 1. The molecular formula is C12H16N2O4S. The Kier molecular flexibility index (Phi) is 3.77. The molecule has 1 aliphatic heterocycles. The highest BCUT2D eigenvalue weighted by molar-refractivity contribution is 7.92. The number of aliphatic hydroxyl groups excluding tert-OH is 1. The van der Waals surface area contributed by atoms with E-state index in [4.69, 9.17) is 0 Å². The molecule has 1 heterocycles. The normalized spacial score (nSPS) is 19.5. The molecule has 2 rings (SSSR count). The van der Waals surface area contributed by atoms with Gasteiger partial charge in [0.2, 0.25) is 10.0 Å². The third-order valence-corrected chi connectivity index (χ3v) is 3.49. The zero-order valence-corrected chi connectivity index (χ0v) is 11.4. The molecule has 1 aromatic rings. The minimum Gasteiger partial charge on any atom is -0.391 e. The minimum absolute atomic E-state index is 0.151. The van der Waals surface area contributed by atoms with Crippen LogP contribution in [-0.2, 0) is 10.0 Å². The van der Waals surface area contributed by atoms with E-state index in [1.807, 2.05) is 0 Å². The zero-order valence-electron chi connectivity index (χ0n) is 10.5. The van der Waals surface area contributed by atoms with Crippen molar-refractivity contribution < 1.29 is 18.3 Å². The Balaban J connectivity index is 2.08. The third-order valence-electron chi connectivity index (χ3n) is 2.89. The first-order valence-corrected chi connectivity index (χ1v) is 7.79. The average molecular weight is 284 g/mol. The van der Waals surface area contributed by atoms with Gasteiger partial charge in [0.1, 0.15) is 0 Å². The van der Waals surface area contributed by atoms with Crippen molar-refractivity contribution in [1.82, 2.24) is 4.90 Å². The van der Waals surface area contributed by atoms with Gasteiger partial charge in [-0.25, -0.2) is 8.42 Å². The second kappa shape index (κ2) is 5.18. The molecule has 0 radical (unpaired) electrons. The molecule has 6 nitrogen and oxygen atoms in total. The van der Waals surface area contributed by atoms with Crippen molar-refractivity contribution in [3.63, 3.8) is 0 Å². The number of aliphatic hydroxyl groups is 1. The zero-order chi connectivity index (χ0) is 14.0. The Hall–Kier alpha value is -1.60. The van der Waals surface area contributed by atoms with Gasteiger partial charge in [-0.15, -0.1) is 0 Å². The van der Waals surface area contributed by atoms with Crippen LogP contribution in [0.5, 0.6) is 0 Å². The molecule has 104 valence electrons. The summed E-state index contributed by atoms with van der Waals surface area (Å²) in [6.45, 7) is 0.894. The van der Waals surface area contributed by atoms with Crippen LogP contribution in [0, 0.1) is 0 Å². The lowest BCUT2D eigenvalue weighted by Gasteiger charge is -2.15. The van der Waals surface area contributed by atoms with Gasteiger partial charge < -0.3 is 10.0 Å². The van der Waals surface area contributed by atoms with E-state index in [0.717, 1.165) is 6.26 Å². The lowest BCUT2D eigenvalue weighted by Crippen LogP contribution is -2.29. The molecule has 0 aliphatic carbocycles. The van der Waals surface area contributed by atoms with Crippen LogP contribution in [0.3, 0.4) is 0 Å². The molecular weight excluding hydrogens is 268 g/mol. The smallest absolute Gasteiger partial charge is 0.253 e. The standard InChI is InChI=1S/C12H16N2O4S/c1-19(17,18)13-10-4-2-9(3-5-10)12(16)14-7-6-11(15)8-14/h2-5,11,13,15H,6-8H2,1H3/t11-/m1/s1. The lowest BCUT2D eigenvalue weighted by atomic mass is 10.2. The molecule has 19 heavy (non-hydrogen) atoms. The van der Waals surface area contributed by atoms with Gasteiger partial charge in [-0.2, -0.15) is 0 Å². The molecule has 0 aromatic heterocycles. The molecule has 1 aliphatic rings. The van der Waals surface area contributed by atoms with Gasteiger partial charge in [-0.05, 0) is 30.7 Å². The second-order valence-electron chi connectivity index (χ2n) is 4.65. The number of anilines is 1. The van der Waals surface area contributed by atoms with E-state index >= 15 is 0 Å². The Morgan fingerprint density at radius 3 is 2.47 bits per heavy atom.